The van der Waals surface area contributed by atoms with E-state index in [4.69, 9.17) is 17.3 Å². The average Bonchev–Trinajstić information content (AvgIpc) is 3.32. The normalized spacial score (nSPS) is 18.7. The number of amidine groups is 1. The predicted octanol–water partition coefficient (Wildman–Crippen LogP) is 3.24. The quantitative estimate of drug-likeness (QED) is 0.197. The molecule has 1 aromatic carbocycles. The van der Waals surface area contributed by atoms with Gasteiger partial charge in [-0.25, -0.2) is 9.07 Å². The largest absolute Gasteiger partial charge is 0.371 e. The summed E-state index contributed by atoms with van der Waals surface area (Å²) in [7, 11) is 0. The van der Waals surface area contributed by atoms with Gasteiger partial charge in [-0.2, -0.15) is 27.7 Å². The van der Waals surface area contributed by atoms with Gasteiger partial charge >= 0.3 is 19.1 Å². The first kappa shape index (κ1) is 21.8. The van der Waals surface area contributed by atoms with E-state index >= 15 is 0 Å². The highest BCUT2D eigenvalue weighted by Crippen LogP contribution is 2.42. The number of aliphatic imine (C=N–C) groups is 1. The van der Waals surface area contributed by atoms with E-state index in [-0.39, 0.29) is 26.9 Å². The van der Waals surface area contributed by atoms with Crippen LogP contribution in [0.5, 0.6) is 0 Å². The Kier molecular flexibility index (Phi) is 6.41. The lowest BCUT2D eigenvalue weighted by Gasteiger charge is -2.09. The van der Waals surface area contributed by atoms with E-state index in [2.05, 4.69) is 25.7 Å². The number of nitrogens with two attached hydrogens (primary N) is 1. The highest BCUT2D eigenvalue weighted by Gasteiger charge is 2.41. The van der Waals surface area contributed by atoms with Gasteiger partial charge in [0, 0.05) is 11.6 Å². The van der Waals surface area contributed by atoms with Crippen LogP contribution in [0.3, 0.4) is 0 Å². The first-order valence-electron chi connectivity index (χ1n) is 8.33. The first-order valence-corrected chi connectivity index (χ1v) is 8.71. The summed E-state index contributed by atoms with van der Waals surface area (Å²) in [5.74, 6) is -1.82. The summed E-state index contributed by atoms with van der Waals surface area (Å²) in [5, 5.41) is 5.54. The van der Waals surface area contributed by atoms with E-state index in [0.717, 1.165) is 12.3 Å². The standard InChI is InChI=1S/C16H14ClF5N6O2/c17-9-5-28(15(21)22)26-12(9)13(29)24-6-1-2-10(18)7(3-6)8-4-11(8)27-30-16(23)25-14(19)20/h1-3,5,8,11,14-15,27H,4H2,(H2,23,25)(H,24,29)/t8-,11-/m1/s1. The summed E-state index contributed by atoms with van der Waals surface area (Å²) in [6.07, 6.45) is 1.21. The smallest absolute Gasteiger partial charge is 0.336 e. The van der Waals surface area contributed by atoms with Crippen molar-refractivity contribution in [1.29, 1.82) is 0 Å². The van der Waals surface area contributed by atoms with Gasteiger partial charge in [-0.15, -0.1) is 5.48 Å². The van der Waals surface area contributed by atoms with Crippen LogP contribution in [0.4, 0.5) is 27.6 Å². The summed E-state index contributed by atoms with van der Waals surface area (Å²) < 4.78 is 63.8. The number of halogens is 6. The molecule has 0 aliphatic heterocycles. The molecule has 30 heavy (non-hydrogen) atoms. The molecule has 1 aliphatic carbocycles. The van der Waals surface area contributed by atoms with Crippen LogP contribution < -0.4 is 16.5 Å². The van der Waals surface area contributed by atoms with Gasteiger partial charge in [0.25, 0.3) is 5.91 Å². The van der Waals surface area contributed by atoms with Crippen molar-refractivity contribution in [2.75, 3.05) is 5.32 Å². The van der Waals surface area contributed by atoms with Gasteiger partial charge in [-0.3, -0.25) is 4.79 Å². The fourth-order valence-electron chi connectivity index (χ4n) is 2.65. The van der Waals surface area contributed by atoms with Gasteiger partial charge in [0.15, 0.2) is 5.69 Å². The minimum Gasteiger partial charge on any atom is -0.371 e. The Labute approximate surface area is 170 Å². The van der Waals surface area contributed by atoms with Crippen molar-refractivity contribution in [1.82, 2.24) is 15.3 Å². The highest BCUT2D eigenvalue weighted by molar-refractivity contribution is 6.34. The number of anilines is 1. The Balaban J connectivity index is 1.66. The topological polar surface area (TPSA) is 107 Å². The van der Waals surface area contributed by atoms with Crippen molar-refractivity contribution in [2.24, 2.45) is 10.7 Å². The molecule has 1 amide bonds. The fourth-order valence-corrected chi connectivity index (χ4v) is 2.87. The van der Waals surface area contributed by atoms with Crippen LogP contribution in [-0.2, 0) is 4.84 Å². The van der Waals surface area contributed by atoms with Crippen molar-refractivity contribution >= 4 is 29.2 Å². The van der Waals surface area contributed by atoms with Crippen molar-refractivity contribution in [3.8, 4) is 0 Å². The molecule has 0 bridgehead atoms. The number of carbonyl (C=O) groups is 1. The molecule has 162 valence electrons. The van der Waals surface area contributed by atoms with Gasteiger partial charge in [-0.05, 0) is 30.2 Å². The number of hydrogen-bond acceptors (Lipinski definition) is 5. The summed E-state index contributed by atoms with van der Waals surface area (Å²) in [5.41, 5.74) is 7.49. The summed E-state index contributed by atoms with van der Waals surface area (Å²) in [4.78, 5) is 19.6. The molecular weight excluding hydrogens is 439 g/mol. The van der Waals surface area contributed by atoms with E-state index in [1.807, 2.05) is 0 Å². The number of hydroxylamine groups is 1. The molecule has 1 aliphatic rings. The second kappa shape index (κ2) is 8.83. The molecule has 0 radical (unpaired) electrons. The van der Waals surface area contributed by atoms with E-state index in [1.54, 1.807) is 0 Å². The van der Waals surface area contributed by atoms with Crippen LogP contribution in [0.15, 0.2) is 29.4 Å². The molecule has 2 aromatic rings. The maximum absolute atomic E-state index is 14.2. The number of hydrogen-bond donors (Lipinski definition) is 3. The third kappa shape index (κ3) is 5.16. The number of benzene rings is 1. The van der Waals surface area contributed by atoms with E-state index in [0.29, 0.717) is 6.42 Å². The zero-order chi connectivity index (χ0) is 22.0. The van der Waals surface area contributed by atoms with Crippen molar-refractivity contribution in [3.63, 3.8) is 0 Å². The molecule has 8 nitrogen and oxygen atoms in total. The predicted molar refractivity (Wildman–Crippen MR) is 95.8 cm³/mol. The summed E-state index contributed by atoms with van der Waals surface area (Å²) in [6.45, 7) is -6.00. The van der Waals surface area contributed by atoms with Crippen molar-refractivity contribution in [2.45, 2.75) is 31.5 Å². The Morgan fingerprint density at radius 2 is 2.10 bits per heavy atom. The molecule has 0 unspecified atom stereocenters. The average molecular weight is 453 g/mol. The Morgan fingerprint density at radius 1 is 1.37 bits per heavy atom. The Bertz CT molecular complexity index is 970. The zero-order valence-corrected chi connectivity index (χ0v) is 15.6. The number of amides is 1. The highest BCUT2D eigenvalue weighted by atomic mass is 35.5. The SMILES string of the molecule is N/C(=N/C(F)F)ON[C@@H]1C[C@@H]1c1cc(NC(=O)c2nn(C(F)F)cc2Cl)ccc1F. The lowest BCUT2D eigenvalue weighted by Crippen LogP contribution is -2.29. The zero-order valence-electron chi connectivity index (χ0n) is 14.8. The maximum Gasteiger partial charge on any atom is 0.336 e. The molecule has 0 saturated heterocycles. The molecule has 1 saturated carbocycles. The van der Waals surface area contributed by atoms with Crippen LogP contribution in [0, 0.1) is 5.82 Å². The molecule has 3 rings (SSSR count). The Hall–Kier alpha value is -2.93. The Morgan fingerprint density at radius 3 is 2.73 bits per heavy atom. The maximum atomic E-state index is 14.2. The lowest BCUT2D eigenvalue weighted by molar-refractivity contribution is 0.0561. The van der Waals surface area contributed by atoms with E-state index in [1.165, 1.54) is 12.1 Å². The monoisotopic (exact) mass is 452 g/mol. The second-order valence-electron chi connectivity index (χ2n) is 6.19. The first-order chi connectivity index (χ1) is 14.2. The summed E-state index contributed by atoms with van der Waals surface area (Å²) in [6, 6.07) is 2.52. The number of carbonyl (C=O) groups excluding carboxylic acids is 1. The van der Waals surface area contributed by atoms with Gasteiger partial charge in [0.1, 0.15) is 5.82 Å². The van der Waals surface area contributed by atoms with Crippen LogP contribution in [0.1, 0.15) is 34.9 Å². The van der Waals surface area contributed by atoms with Crippen LogP contribution >= 0.6 is 11.6 Å². The van der Waals surface area contributed by atoms with Crippen LogP contribution in [-0.4, -0.2) is 34.3 Å². The van der Waals surface area contributed by atoms with E-state index in [9.17, 15) is 26.7 Å². The number of aromatic nitrogens is 2. The van der Waals surface area contributed by atoms with Gasteiger partial charge in [-0.1, -0.05) is 11.6 Å². The molecule has 2 atom stereocenters. The van der Waals surface area contributed by atoms with Crippen molar-refractivity contribution in [3.05, 3.63) is 46.5 Å². The molecule has 0 spiro atoms. The number of rotatable bonds is 7. The van der Waals surface area contributed by atoms with Crippen LogP contribution in [0.25, 0.3) is 0 Å². The molecule has 1 aromatic heterocycles. The molecule has 1 fully saturated rings. The lowest BCUT2D eigenvalue weighted by atomic mass is 10.1. The number of nitrogens with one attached hydrogen (secondary N) is 2. The summed E-state index contributed by atoms with van der Waals surface area (Å²) >= 11 is 5.75. The third-order valence-corrected chi connectivity index (χ3v) is 4.36. The number of alkyl halides is 4. The molecule has 1 heterocycles. The van der Waals surface area contributed by atoms with Gasteiger partial charge in [0.2, 0.25) is 0 Å². The molecular formula is C16H14ClF5N6O2. The third-order valence-electron chi connectivity index (χ3n) is 4.09. The van der Waals surface area contributed by atoms with E-state index < -0.39 is 42.6 Å². The van der Waals surface area contributed by atoms with Crippen LogP contribution in [0.2, 0.25) is 5.02 Å². The fraction of sp³-hybridized carbons (Fsp3) is 0.312. The van der Waals surface area contributed by atoms with Crippen molar-refractivity contribution < 1.29 is 31.6 Å². The second-order valence-corrected chi connectivity index (χ2v) is 6.59. The van der Waals surface area contributed by atoms with Gasteiger partial charge in [0.05, 0.1) is 17.3 Å². The minimum atomic E-state index is -3.03. The minimum absolute atomic E-state index is 0.171. The molecule has 4 N–H and O–H groups in total. The molecule has 14 heteroatoms. The number of nitrogens with zero attached hydrogens (tertiary/aromatic N) is 3. The van der Waals surface area contributed by atoms with Gasteiger partial charge < -0.3 is 15.9 Å².